The fourth-order valence-corrected chi connectivity index (χ4v) is 5.59. The van der Waals surface area contributed by atoms with Gasteiger partial charge in [0.1, 0.15) is 5.75 Å². The Labute approximate surface area is 196 Å². The van der Waals surface area contributed by atoms with Crippen LogP contribution >= 0.6 is 0 Å². The summed E-state index contributed by atoms with van der Waals surface area (Å²) < 4.78 is 34.2. The van der Waals surface area contributed by atoms with Gasteiger partial charge in [-0.1, -0.05) is 6.92 Å². The molecule has 2 aromatic carbocycles. The minimum absolute atomic E-state index is 0.0390. The van der Waals surface area contributed by atoms with Crippen LogP contribution in [0.25, 0.3) is 0 Å². The normalized spacial score (nSPS) is 17.6. The van der Waals surface area contributed by atoms with Crippen LogP contribution in [0, 0.1) is 5.92 Å². The van der Waals surface area contributed by atoms with Crippen molar-refractivity contribution in [3.63, 3.8) is 0 Å². The van der Waals surface area contributed by atoms with Gasteiger partial charge < -0.3 is 14.5 Å². The number of amides is 1. The van der Waals surface area contributed by atoms with Crippen LogP contribution in [0.2, 0.25) is 0 Å². The molecule has 2 fully saturated rings. The molecule has 8 heteroatoms. The van der Waals surface area contributed by atoms with E-state index in [9.17, 15) is 13.2 Å². The Balaban J connectivity index is 1.52. The predicted molar refractivity (Wildman–Crippen MR) is 131 cm³/mol. The number of carbonyl (C=O) groups excluding carboxylic acids is 1. The van der Waals surface area contributed by atoms with Gasteiger partial charge in [0.15, 0.2) is 0 Å². The Morgan fingerprint density at radius 2 is 1.64 bits per heavy atom. The molecule has 0 saturated carbocycles. The van der Waals surface area contributed by atoms with Gasteiger partial charge in [-0.05, 0) is 80.5 Å². The number of nitrogens with zero attached hydrogens (tertiary/aromatic N) is 2. The Morgan fingerprint density at radius 3 is 2.27 bits per heavy atom. The van der Waals surface area contributed by atoms with E-state index in [2.05, 4.69) is 16.5 Å². The zero-order valence-electron chi connectivity index (χ0n) is 19.4. The van der Waals surface area contributed by atoms with E-state index >= 15 is 0 Å². The summed E-state index contributed by atoms with van der Waals surface area (Å²) in [4.78, 5) is 17.3. The third kappa shape index (κ3) is 5.43. The van der Waals surface area contributed by atoms with E-state index in [1.807, 2.05) is 12.1 Å². The largest absolute Gasteiger partial charge is 0.496 e. The number of rotatable bonds is 6. The van der Waals surface area contributed by atoms with Crippen LogP contribution in [-0.4, -0.2) is 52.5 Å². The number of anilines is 2. The lowest BCUT2D eigenvalue weighted by atomic mass is 9.98. The molecule has 0 aliphatic carbocycles. The van der Waals surface area contributed by atoms with Crippen LogP contribution in [0.15, 0.2) is 47.4 Å². The van der Waals surface area contributed by atoms with E-state index in [0.717, 1.165) is 31.6 Å². The summed E-state index contributed by atoms with van der Waals surface area (Å²) in [6.07, 6.45) is 5.52. The summed E-state index contributed by atoms with van der Waals surface area (Å²) in [6, 6.07) is 11.9. The number of nitrogens with one attached hydrogen (secondary N) is 1. The first-order chi connectivity index (χ1) is 15.9. The van der Waals surface area contributed by atoms with Gasteiger partial charge in [0.25, 0.3) is 15.9 Å². The first-order valence-electron chi connectivity index (χ1n) is 11.7. The van der Waals surface area contributed by atoms with E-state index in [-0.39, 0.29) is 16.4 Å². The van der Waals surface area contributed by atoms with Crippen molar-refractivity contribution in [2.45, 2.75) is 43.9 Å². The molecular formula is C25H33N3O4S. The number of hydrogen-bond donors (Lipinski definition) is 1. The highest BCUT2D eigenvalue weighted by atomic mass is 32.2. The van der Waals surface area contributed by atoms with Crippen molar-refractivity contribution in [3.8, 4) is 5.75 Å². The standard InChI is InChI=1S/C25H33N3O4S/c1-19-12-16-28(17-13-19)25(29)23-18-22(10-11-24(23)32-2)33(30,31)26-20-6-8-21(9-7-20)27-14-4-3-5-15-27/h6-11,18-19,26H,3-5,12-17H2,1-2H3. The number of benzene rings is 2. The number of piperidine rings is 2. The summed E-state index contributed by atoms with van der Waals surface area (Å²) in [6.45, 7) is 5.58. The third-order valence-corrected chi connectivity index (χ3v) is 8.00. The summed E-state index contributed by atoms with van der Waals surface area (Å²) in [5, 5.41) is 0. The fourth-order valence-electron chi connectivity index (χ4n) is 4.51. The van der Waals surface area contributed by atoms with Crippen molar-refractivity contribution in [1.82, 2.24) is 4.90 Å². The Morgan fingerprint density at radius 1 is 0.970 bits per heavy atom. The van der Waals surface area contributed by atoms with E-state index in [1.54, 1.807) is 23.1 Å². The van der Waals surface area contributed by atoms with Crippen LogP contribution in [0.5, 0.6) is 5.75 Å². The van der Waals surface area contributed by atoms with E-state index in [0.29, 0.717) is 30.4 Å². The summed E-state index contributed by atoms with van der Waals surface area (Å²) >= 11 is 0. The van der Waals surface area contributed by atoms with E-state index in [1.165, 1.54) is 38.5 Å². The summed E-state index contributed by atoms with van der Waals surface area (Å²) in [7, 11) is -2.37. The maximum atomic E-state index is 13.1. The molecule has 0 atom stereocenters. The highest BCUT2D eigenvalue weighted by Crippen LogP contribution is 2.28. The molecule has 4 rings (SSSR count). The molecule has 2 aliphatic rings. The number of sulfonamides is 1. The van der Waals surface area contributed by atoms with Crippen molar-refractivity contribution in [2.75, 3.05) is 42.9 Å². The average Bonchev–Trinajstić information content (AvgIpc) is 2.84. The molecule has 0 bridgehead atoms. The quantitative estimate of drug-likeness (QED) is 0.677. The number of methoxy groups -OCH3 is 1. The maximum absolute atomic E-state index is 13.1. The van der Waals surface area contributed by atoms with Crippen molar-refractivity contribution in [3.05, 3.63) is 48.0 Å². The zero-order valence-corrected chi connectivity index (χ0v) is 20.2. The predicted octanol–water partition coefficient (Wildman–Crippen LogP) is 4.36. The fraction of sp³-hybridized carbons (Fsp3) is 0.480. The molecule has 0 unspecified atom stereocenters. The van der Waals surface area contributed by atoms with Gasteiger partial charge in [0.05, 0.1) is 17.6 Å². The number of ether oxygens (including phenoxy) is 1. The topological polar surface area (TPSA) is 79.0 Å². The molecule has 2 saturated heterocycles. The SMILES string of the molecule is COc1ccc(S(=O)(=O)Nc2ccc(N3CCCCC3)cc2)cc1C(=O)N1CCC(C)CC1. The lowest BCUT2D eigenvalue weighted by Gasteiger charge is -2.30. The molecule has 0 radical (unpaired) electrons. The first-order valence-corrected chi connectivity index (χ1v) is 13.2. The number of likely N-dealkylation sites (tertiary alicyclic amines) is 1. The van der Waals surface area contributed by atoms with Crippen LogP contribution in [-0.2, 0) is 10.0 Å². The molecule has 2 heterocycles. The molecule has 7 nitrogen and oxygen atoms in total. The van der Waals surface area contributed by atoms with E-state index < -0.39 is 10.0 Å². The van der Waals surface area contributed by atoms with Gasteiger partial charge in [-0.25, -0.2) is 8.42 Å². The van der Waals surface area contributed by atoms with Gasteiger partial charge in [-0.15, -0.1) is 0 Å². The van der Waals surface area contributed by atoms with Gasteiger partial charge in [0.2, 0.25) is 0 Å². The number of hydrogen-bond acceptors (Lipinski definition) is 5. The Bertz CT molecular complexity index is 1070. The lowest BCUT2D eigenvalue weighted by Crippen LogP contribution is -2.38. The zero-order chi connectivity index (χ0) is 23.4. The van der Waals surface area contributed by atoms with Crippen molar-refractivity contribution >= 4 is 27.3 Å². The van der Waals surface area contributed by atoms with Gasteiger partial charge in [-0.2, -0.15) is 0 Å². The van der Waals surface area contributed by atoms with Crippen molar-refractivity contribution < 1.29 is 17.9 Å². The molecule has 1 N–H and O–H groups in total. The molecule has 2 aliphatic heterocycles. The van der Waals surface area contributed by atoms with Crippen LogP contribution in [0.3, 0.4) is 0 Å². The Kier molecular flexibility index (Phi) is 7.12. The van der Waals surface area contributed by atoms with Gasteiger partial charge in [-0.3, -0.25) is 9.52 Å². The first kappa shape index (κ1) is 23.4. The molecular weight excluding hydrogens is 438 g/mol. The highest BCUT2D eigenvalue weighted by Gasteiger charge is 2.26. The van der Waals surface area contributed by atoms with Crippen LogP contribution in [0.4, 0.5) is 11.4 Å². The van der Waals surface area contributed by atoms with Crippen LogP contribution in [0.1, 0.15) is 49.4 Å². The second-order valence-electron chi connectivity index (χ2n) is 9.04. The molecule has 0 aromatic heterocycles. The molecule has 2 aromatic rings. The van der Waals surface area contributed by atoms with Crippen LogP contribution < -0.4 is 14.4 Å². The minimum atomic E-state index is -3.86. The Hall–Kier alpha value is -2.74. The second-order valence-corrected chi connectivity index (χ2v) is 10.7. The summed E-state index contributed by atoms with van der Waals surface area (Å²) in [5.41, 5.74) is 1.87. The minimum Gasteiger partial charge on any atom is -0.496 e. The molecule has 33 heavy (non-hydrogen) atoms. The summed E-state index contributed by atoms with van der Waals surface area (Å²) in [5.74, 6) is 0.776. The van der Waals surface area contributed by atoms with Gasteiger partial charge in [0, 0.05) is 37.6 Å². The number of carbonyl (C=O) groups is 1. The maximum Gasteiger partial charge on any atom is 0.261 e. The van der Waals surface area contributed by atoms with Gasteiger partial charge >= 0.3 is 0 Å². The second kappa shape index (κ2) is 10.0. The van der Waals surface area contributed by atoms with Crippen molar-refractivity contribution in [1.29, 1.82) is 0 Å². The smallest absolute Gasteiger partial charge is 0.261 e. The van der Waals surface area contributed by atoms with Crippen molar-refractivity contribution in [2.24, 2.45) is 5.92 Å². The highest BCUT2D eigenvalue weighted by molar-refractivity contribution is 7.92. The third-order valence-electron chi connectivity index (χ3n) is 6.62. The molecule has 178 valence electrons. The molecule has 1 amide bonds. The molecule has 0 spiro atoms. The monoisotopic (exact) mass is 471 g/mol. The lowest BCUT2D eigenvalue weighted by molar-refractivity contribution is 0.0693. The average molecular weight is 472 g/mol. The van der Waals surface area contributed by atoms with E-state index in [4.69, 9.17) is 4.74 Å².